The zero-order valence-corrected chi connectivity index (χ0v) is 15.7. The molecular weight excluding hydrogens is 302 g/mol. The molecule has 136 valence electrons. The largest absolute Gasteiger partial charge is 0.497 e. The van der Waals surface area contributed by atoms with E-state index >= 15 is 0 Å². The summed E-state index contributed by atoms with van der Waals surface area (Å²) < 4.78 is 10.9. The van der Waals surface area contributed by atoms with Crippen LogP contribution in [0.4, 0.5) is 0 Å². The Bertz CT molecular complexity index is 458. The minimum atomic E-state index is 0.113. The number of benzene rings is 1. The van der Waals surface area contributed by atoms with E-state index in [4.69, 9.17) is 9.47 Å². The number of carbonyl (C=O) groups is 1. The molecule has 0 heterocycles. The van der Waals surface area contributed by atoms with Crippen molar-refractivity contribution in [2.24, 2.45) is 5.92 Å². The molecule has 0 fully saturated rings. The maximum absolute atomic E-state index is 12.2. The van der Waals surface area contributed by atoms with E-state index < -0.39 is 0 Å². The van der Waals surface area contributed by atoms with Gasteiger partial charge in [-0.05, 0) is 30.0 Å². The fraction of sp³-hybridized carbons (Fsp3) is 0.650. The van der Waals surface area contributed by atoms with E-state index in [2.05, 4.69) is 13.8 Å². The lowest BCUT2D eigenvalue weighted by Crippen LogP contribution is -2.31. The average Bonchev–Trinajstić information content (AvgIpc) is 2.61. The van der Waals surface area contributed by atoms with Crippen molar-refractivity contribution in [3.8, 4) is 5.75 Å². The van der Waals surface area contributed by atoms with E-state index in [1.165, 1.54) is 19.3 Å². The minimum absolute atomic E-state index is 0.113. The van der Waals surface area contributed by atoms with E-state index in [1.54, 1.807) is 12.0 Å². The van der Waals surface area contributed by atoms with E-state index in [9.17, 15) is 4.79 Å². The summed E-state index contributed by atoms with van der Waals surface area (Å²) in [4.78, 5) is 14.0. The Hall–Kier alpha value is -1.55. The second-order valence-corrected chi connectivity index (χ2v) is 6.33. The highest BCUT2D eigenvalue weighted by molar-refractivity contribution is 5.78. The van der Waals surface area contributed by atoms with Crippen molar-refractivity contribution in [3.05, 3.63) is 29.8 Å². The van der Waals surface area contributed by atoms with Crippen LogP contribution in [0.15, 0.2) is 24.3 Å². The summed E-state index contributed by atoms with van der Waals surface area (Å²) in [6.07, 6.45) is 5.31. The molecule has 24 heavy (non-hydrogen) atoms. The van der Waals surface area contributed by atoms with Gasteiger partial charge in [0.15, 0.2) is 0 Å². The van der Waals surface area contributed by atoms with Crippen LogP contribution in [0.1, 0.15) is 45.1 Å². The smallest absolute Gasteiger partial charge is 0.226 e. The van der Waals surface area contributed by atoms with Crippen molar-refractivity contribution in [2.75, 3.05) is 33.9 Å². The van der Waals surface area contributed by atoms with Crippen LogP contribution in [0.5, 0.6) is 5.75 Å². The van der Waals surface area contributed by atoms with Gasteiger partial charge in [0.05, 0.1) is 20.1 Å². The predicted molar refractivity (Wildman–Crippen MR) is 98.5 cm³/mol. The summed E-state index contributed by atoms with van der Waals surface area (Å²) in [6, 6.07) is 7.63. The first-order valence-corrected chi connectivity index (χ1v) is 9.05. The molecule has 1 unspecified atom stereocenters. The van der Waals surface area contributed by atoms with E-state index in [0.29, 0.717) is 25.5 Å². The molecule has 0 aliphatic carbocycles. The number of nitrogens with zero attached hydrogens (tertiary/aromatic N) is 1. The second kappa shape index (κ2) is 11.9. The van der Waals surface area contributed by atoms with Gasteiger partial charge in [0, 0.05) is 20.2 Å². The Morgan fingerprint density at radius 2 is 1.92 bits per heavy atom. The lowest BCUT2D eigenvalue weighted by molar-refractivity contribution is -0.129. The summed E-state index contributed by atoms with van der Waals surface area (Å²) in [5.41, 5.74) is 0.999. The number of ether oxygens (including phenoxy) is 2. The molecule has 0 aliphatic rings. The molecule has 0 radical (unpaired) electrons. The summed E-state index contributed by atoms with van der Waals surface area (Å²) in [6.45, 7) is 6.48. The molecule has 0 saturated heterocycles. The summed E-state index contributed by atoms with van der Waals surface area (Å²) >= 11 is 0. The SMILES string of the molecule is CCCCC(CC)COCCN(C)C(=O)Cc1ccc(OC)cc1. The summed E-state index contributed by atoms with van der Waals surface area (Å²) in [5, 5.41) is 0. The zero-order chi connectivity index (χ0) is 17.8. The Balaban J connectivity index is 2.25. The lowest BCUT2D eigenvalue weighted by atomic mass is 10.0. The highest BCUT2D eigenvalue weighted by Gasteiger charge is 2.11. The number of amides is 1. The molecule has 0 aromatic heterocycles. The topological polar surface area (TPSA) is 38.8 Å². The molecule has 1 atom stereocenters. The molecular formula is C20H33NO3. The van der Waals surface area contributed by atoms with Crippen molar-refractivity contribution in [1.29, 1.82) is 0 Å². The minimum Gasteiger partial charge on any atom is -0.497 e. The van der Waals surface area contributed by atoms with Crippen molar-refractivity contribution < 1.29 is 14.3 Å². The first-order valence-electron chi connectivity index (χ1n) is 9.05. The number of unbranched alkanes of at least 4 members (excludes halogenated alkanes) is 1. The molecule has 0 bridgehead atoms. The Morgan fingerprint density at radius 1 is 1.21 bits per heavy atom. The molecule has 0 aliphatic heterocycles. The van der Waals surface area contributed by atoms with E-state index in [1.807, 2.05) is 31.3 Å². The highest BCUT2D eigenvalue weighted by Crippen LogP contribution is 2.13. The zero-order valence-electron chi connectivity index (χ0n) is 15.7. The number of hydrogen-bond acceptors (Lipinski definition) is 3. The van der Waals surface area contributed by atoms with Gasteiger partial charge in [-0.1, -0.05) is 45.2 Å². The van der Waals surface area contributed by atoms with Gasteiger partial charge < -0.3 is 14.4 Å². The van der Waals surface area contributed by atoms with Crippen molar-refractivity contribution in [1.82, 2.24) is 4.90 Å². The highest BCUT2D eigenvalue weighted by atomic mass is 16.5. The lowest BCUT2D eigenvalue weighted by Gasteiger charge is -2.19. The van der Waals surface area contributed by atoms with Crippen LogP contribution in [0.3, 0.4) is 0 Å². The van der Waals surface area contributed by atoms with Gasteiger partial charge in [0.2, 0.25) is 5.91 Å². The van der Waals surface area contributed by atoms with Gasteiger partial charge in [0.1, 0.15) is 5.75 Å². The fourth-order valence-corrected chi connectivity index (χ4v) is 2.53. The number of likely N-dealkylation sites (N-methyl/N-ethyl adjacent to an activating group) is 1. The Morgan fingerprint density at radius 3 is 2.50 bits per heavy atom. The maximum atomic E-state index is 12.2. The third kappa shape index (κ3) is 7.82. The van der Waals surface area contributed by atoms with Gasteiger partial charge in [-0.15, -0.1) is 0 Å². The Labute approximate surface area is 147 Å². The third-order valence-corrected chi connectivity index (χ3v) is 4.41. The Kier molecular flexibility index (Phi) is 10.2. The van der Waals surface area contributed by atoms with Gasteiger partial charge in [-0.3, -0.25) is 4.79 Å². The average molecular weight is 335 g/mol. The van der Waals surface area contributed by atoms with Crippen LogP contribution in [-0.4, -0.2) is 44.7 Å². The van der Waals surface area contributed by atoms with Crippen molar-refractivity contribution >= 4 is 5.91 Å². The molecule has 1 aromatic carbocycles. The summed E-state index contributed by atoms with van der Waals surface area (Å²) in [5.74, 6) is 1.56. The fourth-order valence-electron chi connectivity index (χ4n) is 2.53. The molecule has 0 N–H and O–H groups in total. The summed E-state index contributed by atoms with van der Waals surface area (Å²) in [7, 11) is 3.48. The van der Waals surface area contributed by atoms with Crippen LogP contribution in [0.25, 0.3) is 0 Å². The van der Waals surface area contributed by atoms with Crippen molar-refractivity contribution in [3.63, 3.8) is 0 Å². The van der Waals surface area contributed by atoms with Crippen LogP contribution >= 0.6 is 0 Å². The van der Waals surface area contributed by atoms with Crippen LogP contribution in [-0.2, 0) is 16.0 Å². The normalized spacial score (nSPS) is 12.0. The van der Waals surface area contributed by atoms with Crippen LogP contribution in [0.2, 0.25) is 0 Å². The number of rotatable bonds is 12. The molecule has 1 aromatic rings. The predicted octanol–water partition coefficient (Wildman–Crippen LogP) is 3.93. The second-order valence-electron chi connectivity index (χ2n) is 6.33. The number of carbonyl (C=O) groups excluding carboxylic acids is 1. The van der Waals surface area contributed by atoms with Gasteiger partial charge >= 0.3 is 0 Å². The third-order valence-electron chi connectivity index (χ3n) is 4.41. The monoisotopic (exact) mass is 335 g/mol. The van der Waals surface area contributed by atoms with Gasteiger partial charge in [0.25, 0.3) is 0 Å². The first-order chi connectivity index (χ1) is 11.6. The van der Waals surface area contributed by atoms with Crippen LogP contribution in [0, 0.1) is 5.92 Å². The molecule has 0 saturated carbocycles. The molecule has 4 heteroatoms. The van der Waals surface area contributed by atoms with E-state index in [-0.39, 0.29) is 5.91 Å². The standard InChI is InChI=1S/C20H33NO3/c1-5-7-8-17(6-2)16-24-14-13-21(3)20(22)15-18-9-11-19(23-4)12-10-18/h9-12,17H,5-8,13-16H2,1-4H3. The molecule has 1 amide bonds. The van der Waals surface area contributed by atoms with Crippen LogP contribution < -0.4 is 4.74 Å². The number of methoxy groups -OCH3 is 1. The van der Waals surface area contributed by atoms with Gasteiger partial charge in [-0.2, -0.15) is 0 Å². The number of hydrogen-bond donors (Lipinski definition) is 0. The van der Waals surface area contributed by atoms with Gasteiger partial charge in [-0.25, -0.2) is 0 Å². The molecule has 1 rings (SSSR count). The quantitative estimate of drug-likeness (QED) is 0.543. The maximum Gasteiger partial charge on any atom is 0.226 e. The van der Waals surface area contributed by atoms with E-state index in [0.717, 1.165) is 24.3 Å². The van der Waals surface area contributed by atoms with Crippen molar-refractivity contribution in [2.45, 2.75) is 46.0 Å². The molecule has 4 nitrogen and oxygen atoms in total. The molecule has 0 spiro atoms. The first kappa shape index (κ1) is 20.5.